The molecule has 0 saturated heterocycles. The van der Waals surface area contributed by atoms with E-state index < -0.39 is 38.1 Å². The third-order valence-electron chi connectivity index (χ3n) is 2.20. The number of carbonyl (C=O) groups excluding carboxylic acids is 1. The van der Waals surface area contributed by atoms with Crippen molar-refractivity contribution in [2.75, 3.05) is 13.2 Å². The second-order valence-corrected chi connectivity index (χ2v) is 4.13. The lowest BCUT2D eigenvalue weighted by molar-refractivity contribution is -0.168. The molecule has 0 bridgehead atoms. The summed E-state index contributed by atoms with van der Waals surface area (Å²) in [6.07, 6.45) is -11.2. The Morgan fingerprint density at radius 3 is 2.05 bits per heavy atom. The Labute approximate surface area is 116 Å². The van der Waals surface area contributed by atoms with E-state index in [1.54, 1.807) is 6.07 Å². The van der Waals surface area contributed by atoms with Gasteiger partial charge in [-0.2, -0.15) is 26.3 Å². The first-order valence-electron chi connectivity index (χ1n) is 5.66. The number of carbonyl (C=O) groups is 1. The van der Waals surface area contributed by atoms with Crippen molar-refractivity contribution < 1.29 is 35.9 Å². The second-order valence-electron chi connectivity index (χ2n) is 4.13. The SMILES string of the molecule is O=C(OCC(F)(F)F)N(Cc1ccccc1)CC(F)(F)F. The summed E-state index contributed by atoms with van der Waals surface area (Å²) in [5, 5.41) is 0. The minimum atomic E-state index is -4.80. The van der Waals surface area contributed by atoms with E-state index in [2.05, 4.69) is 4.74 Å². The van der Waals surface area contributed by atoms with Crippen LogP contribution in [-0.2, 0) is 11.3 Å². The molecule has 0 aliphatic heterocycles. The van der Waals surface area contributed by atoms with Crippen molar-refractivity contribution in [2.24, 2.45) is 0 Å². The zero-order chi connectivity index (χ0) is 16.1. The first-order chi connectivity index (χ1) is 9.57. The molecule has 0 atom stereocenters. The molecule has 1 aromatic rings. The van der Waals surface area contributed by atoms with Gasteiger partial charge in [0.1, 0.15) is 6.54 Å². The molecule has 1 rings (SSSR count). The summed E-state index contributed by atoms with van der Waals surface area (Å²) in [5.74, 6) is 0. The van der Waals surface area contributed by atoms with Crippen LogP contribution in [0.25, 0.3) is 0 Å². The maximum atomic E-state index is 12.4. The van der Waals surface area contributed by atoms with E-state index in [-0.39, 0.29) is 4.90 Å². The summed E-state index contributed by atoms with van der Waals surface area (Å²) in [6.45, 7) is -4.13. The lowest BCUT2D eigenvalue weighted by Crippen LogP contribution is -2.40. The Morgan fingerprint density at radius 1 is 1.00 bits per heavy atom. The van der Waals surface area contributed by atoms with Gasteiger partial charge in [-0.15, -0.1) is 0 Å². The maximum absolute atomic E-state index is 12.4. The number of nitrogens with zero attached hydrogens (tertiary/aromatic N) is 1. The van der Waals surface area contributed by atoms with Crippen LogP contribution in [-0.4, -0.2) is 36.5 Å². The average Bonchev–Trinajstić information content (AvgIpc) is 2.34. The van der Waals surface area contributed by atoms with Crippen LogP contribution in [0.3, 0.4) is 0 Å². The quantitative estimate of drug-likeness (QED) is 0.792. The molecule has 0 aliphatic rings. The number of benzene rings is 1. The number of hydrogen-bond acceptors (Lipinski definition) is 2. The lowest BCUT2D eigenvalue weighted by Gasteiger charge is -2.23. The van der Waals surface area contributed by atoms with E-state index >= 15 is 0 Å². The van der Waals surface area contributed by atoms with Gasteiger partial charge in [-0.25, -0.2) is 4.79 Å². The van der Waals surface area contributed by atoms with Crippen molar-refractivity contribution >= 4 is 6.09 Å². The molecule has 3 nitrogen and oxygen atoms in total. The predicted octanol–water partition coefficient (Wildman–Crippen LogP) is 3.75. The van der Waals surface area contributed by atoms with Crippen LogP contribution in [0.4, 0.5) is 31.1 Å². The summed E-state index contributed by atoms with van der Waals surface area (Å²) < 4.78 is 76.7. The highest BCUT2D eigenvalue weighted by Crippen LogP contribution is 2.20. The number of rotatable bonds is 4. The first kappa shape index (κ1) is 17.1. The van der Waals surface area contributed by atoms with E-state index in [4.69, 9.17) is 0 Å². The highest BCUT2D eigenvalue weighted by Gasteiger charge is 2.36. The molecule has 9 heteroatoms. The summed E-state index contributed by atoms with van der Waals surface area (Å²) in [4.78, 5) is 11.5. The molecule has 0 aromatic heterocycles. The Bertz CT molecular complexity index is 457. The minimum absolute atomic E-state index is 0.168. The van der Waals surface area contributed by atoms with Gasteiger partial charge < -0.3 is 4.74 Å². The van der Waals surface area contributed by atoms with Gasteiger partial charge in [0.2, 0.25) is 0 Å². The third kappa shape index (κ3) is 7.42. The van der Waals surface area contributed by atoms with Crippen molar-refractivity contribution in [2.45, 2.75) is 18.9 Å². The summed E-state index contributed by atoms with van der Waals surface area (Å²) in [6, 6.07) is 7.56. The normalized spacial score (nSPS) is 12.1. The number of hydrogen-bond donors (Lipinski definition) is 0. The van der Waals surface area contributed by atoms with Crippen LogP contribution in [0.2, 0.25) is 0 Å². The molecule has 0 unspecified atom stereocenters. The third-order valence-corrected chi connectivity index (χ3v) is 2.20. The molecule has 118 valence electrons. The molecule has 1 amide bonds. The molecule has 0 spiro atoms. The number of alkyl halides is 6. The van der Waals surface area contributed by atoms with Crippen molar-refractivity contribution in [3.8, 4) is 0 Å². The fourth-order valence-electron chi connectivity index (χ4n) is 1.44. The molecule has 0 saturated carbocycles. The summed E-state index contributed by atoms with van der Waals surface area (Å²) in [7, 11) is 0. The van der Waals surface area contributed by atoms with E-state index in [1.807, 2.05) is 0 Å². The van der Waals surface area contributed by atoms with Crippen LogP contribution in [0.1, 0.15) is 5.56 Å². The van der Waals surface area contributed by atoms with E-state index in [1.165, 1.54) is 24.3 Å². The van der Waals surface area contributed by atoms with Crippen LogP contribution < -0.4 is 0 Å². The van der Waals surface area contributed by atoms with Crippen LogP contribution in [0, 0.1) is 0 Å². The smallest absolute Gasteiger partial charge is 0.422 e. The molecule has 0 aliphatic carbocycles. The number of ether oxygens (including phenoxy) is 1. The topological polar surface area (TPSA) is 29.5 Å². The fourth-order valence-corrected chi connectivity index (χ4v) is 1.44. The molecule has 1 aromatic carbocycles. The van der Waals surface area contributed by atoms with Crippen molar-refractivity contribution in [3.05, 3.63) is 35.9 Å². The van der Waals surface area contributed by atoms with E-state index in [9.17, 15) is 31.1 Å². The van der Waals surface area contributed by atoms with Gasteiger partial charge in [0, 0.05) is 6.54 Å². The average molecular weight is 315 g/mol. The van der Waals surface area contributed by atoms with Crippen LogP contribution in [0.5, 0.6) is 0 Å². The van der Waals surface area contributed by atoms with Gasteiger partial charge in [0.05, 0.1) is 0 Å². The van der Waals surface area contributed by atoms with Crippen molar-refractivity contribution in [1.29, 1.82) is 0 Å². The first-order valence-corrected chi connectivity index (χ1v) is 5.66. The standard InChI is InChI=1S/C12H11F6NO2/c13-11(14,15)7-19(6-9-4-2-1-3-5-9)10(20)21-8-12(16,17)18/h1-5H,6-8H2. The van der Waals surface area contributed by atoms with Gasteiger partial charge in [0.25, 0.3) is 0 Å². The Hall–Kier alpha value is -1.93. The molecule has 0 heterocycles. The van der Waals surface area contributed by atoms with Gasteiger partial charge in [-0.05, 0) is 5.56 Å². The van der Waals surface area contributed by atoms with Crippen molar-refractivity contribution in [1.82, 2.24) is 4.90 Å². The minimum Gasteiger partial charge on any atom is -0.440 e. The Kier molecular flexibility index (Phi) is 5.45. The zero-order valence-corrected chi connectivity index (χ0v) is 10.5. The monoisotopic (exact) mass is 315 g/mol. The van der Waals surface area contributed by atoms with Crippen LogP contribution in [0.15, 0.2) is 30.3 Å². The second kappa shape index (κ2) is 6.68. The van der Waals surface area contributed by atoms with E-state index in [0.29, 0.717) is 5.56 Å². The molecule has 21 heavy (non-hydrogen) atoms. The van der Waals surface area contributed by atoms with Gasteiger partial charge in [0.15, 0.2) is 6.61 Å². The number of amides is 1. The summed E-state index contributed by atoms with van der Waals surface area (Å²) >= 11 is 0. The summed E-state index contributed by atoms with van der Waals surface area (Å²) in [5.41, 5.74) is 0.339. The predicted molar refractivity (Wildman–Crippen MR) is 60.3 cm³/mol. The van der Waals surface area contributed by atoms with Crippen molar-refractivity contribution in [3.63, 3.8) is 0 Å². The Balaban J connectivity index is 2.74. The largest absolute Gasteiger partial charge is 0.440 e. The Morgan fingerprint density at radius 2 is 1.57 bits per heavy atom. The van der Waals surface area contributed by atoms with Gasteiger partial charge in [-0.3, -0.25) is 4.90 Å². The maximum Gasteiger partial charge on any atom is 0.422 e. The van der Waals surface area contributed by atoms with Gasteiger partial charge >= 0.3 is 18.4 Å². The molecular formula is C12H11F6NO2. The molecule has 0 N–H and O–H groups in total. The highest BCUT2D eigenvalue weighted by atomic mass is 19.4. The lowest BCUT2D eigenvalue weighted by atomic mass is 10.2. The number of halogens is 6. The fraction of sp³-hybridized carbons (Fsp3) is 0.417. The van der Waals surface area contributed by atoms with E-state index in [0.717, 1.165) is 0 Å². The van der Waals surface area contributed by atoms with Gasteiger partial charge in [-0.1, -0.05) is 30.3 Å². The van der Waals surface area contributed by atoms with Crippen LogP contribution >= 0.6 is 0 Å². The molecule has 0 radical (unpaired) electrons. The molecular weight excluding hydrogens is 304 g/mol. The zero-order valence-electron chi connectivity index (χ0n) is 10.5. The highest BCUT2D eigenvalue weighted by molar-refractivity contribution is 5.67. The molecule has 0 fully saturated rings.